The van der Waals surface area contributed by atoms with Crippen LogP contribution in [0.15, 0.2) is 47.4 Å². The molecule has 6 nitrogen and oxygen atoms in total. The Morgan fingerprint density at radius 1 is 1.24 bits per heavy atom. The highest BCUT2D eigenvalue weighted by Gasteiger charge is 2.53. The highest BCUT2D eigenvalue weighted by atomic mass is 35.5. The predicted molar refractivity (Wildman–Crippen MR) is 108 cm³/mol. The number of hydrogen-bond acceptors (Lipinski definition) is 5. The second-order valence-electron chi connectivity index (χ2n) is 7.29. The van der Waals surface area contributed by atoms with E-state index in [1.165, 1.54) is 4.31 Å². The molecule has 1 saturated heterocycles. The standard InChI is InChI=1S/C21H22ClNO5S/c1-3-27-20(24)12-18-19-11-17(15-5-4-6-16(22)21(15)28-19)23(18)29(25,26)14-9-7-13(2)8-10-14/h4-10,17-19H,3,11-12H2,1-2H3. The van der Waals surface area contributed by atoms with E-state index in [4.69, 9.17) is 21.1 Å². The number of benzene rings is 2. The topological polar surface area (TPSA) is 72.9 Å². The fourth-order valence-corrected chi connectivity index (χ4v) is 6.17. The molecule has 2 aliphatic heterocycles. The van der Waals surface area contributed by atoms with Crippen LogP contribution in [0.1, 0.15) is 36.9 Å². The van der Waals surface area contributed by atoms with Gasteiger partial charge in [-0.3, -0.25) is 4.79 Å². The van der Waals surface area contributed by atoms with Gasteiger partial charge in [-0.05, 0) is 32.0 Å². The molecule has 154 valence electrons. The SMILES string of the molecule is CCOC(=O)CC1C2CC(c3cccc(Cl)c3O2)N1S(=O)(=O)c1ccc(C)cc1. The molecule has 0 aliphatic carbocycles. The summed E-state index contributed by atoms with van der Waals surface area (Å²) in [6.45, 7) is 3.85. The Balaban J connectivity index is 1.80. The molecule has 0 aromatic heterocycles. The molecule has 0 spiro atoms. The van der Waals surface area contributed by atoms with Gasteiger partial charge < -0.3 is 9.47 Å². The Morgan fingerprint density at radius 2 is 1.97 bits per heavy atom. The van der Waals surface area contributed by atoms with Crippen LogP contribution in [0.3, 0.4) is 0 Å². The molecule has 0 saturated carbocycles. The number of carbonyl (C=O) groups excluding carboxylic acids is 1. The first kappa shape index (κ1) is 20.2. The van der Waals surface area contributed by atoms with Crippen molar-refractivity contribution in [1.82, 2.24) is 4.31 Å². The van der Waals surface area contributed by atoms with Crippen LogP contribution in [-0.2, 0) is 19.6 Å². The van der Waals surface area contributed by atoms with Crippen molar-refractivity contribution < 1.29 is 22.7 Å². The number of aryl methyl sites for hydroxylation is 1. The largest absolute Gasteiger partial charge is 0.487 e. The molecule has 2 bridgehead atoms. The lowest BCUT2D eigenvalue weighted by Crippen LogP contribution is -2.42. The molecular formula is C21H22ClNO5S. The van der Waals surface area contributed by atoms with Gasteiger partial charge in [-0.2, -0.15) is 4.31 Å². The summed E-state index contributed by atoms with van der Waals surface area (Å²) in [5.41, 5.74) is 1.68. The molecule has 3 atom stereocenters. The fraction of sp³-hybridized carbons (Fsp3) is 0.381. The second-order valence-corrected chi connectivity index (χ2v) is 9.54. The summed E-state index contributed by atoms with van der Waals surface area (Å²) in [7, 11) is -3.87. The number of nitrogens with zero attached hydrogens (tertiary/aromatic N) is 1. The quantitative estimate of drug-likeness (QED) is 0.666. The van der Waals surface area contributed by atoms with Gasteiger partial charge in [0, 0.05) is 12.0 Å². The molecule has 2 aliphatic rings. The molecule has 4 rings (SSSR count). The number of halogens is 1. The number of para-hydroxylation sites is 1. The first-order chi connectivity index (χ1) is 13.8. The van der Waals surface area contributed by atoms with E-state index in [1.807, 2.05) is 13.0 Å². The Morgan fingerprint density at radius 3 is 2.66 bits per heavy atom. The summed E-state index contributed by atoms with van der Waals surface area (Å²) < 4.78 is 39.8. The van der Waals surface area contributed by atoms with Crippen molar-refractivity contribution in [2.24, 2.45) is 0 Å². The lowest BCUT2D eigenvalue weighted by Gasteiger charge is -2.28. The summed E-state index contributed by atoms with van der Waals surface area (Å²) in [5.74, 6) is 0.0405. The minimum atomic E-state index is -3.87. The highest BCUT2D eigenvalue weighted by Crippen LogP contribution is 2.51. The van der Waals surface area contributed by atoms with Crippen LogP contribution in [0.25, 0.3) is 0 Å². The van der Waals surface area contributed by atoms with E-state index < -0.39 is 34.2 Å². The lowest BCUT2D eigenvalue weighted by molar-refractivity contribution is -0.144. The fourth-order valence-electron chi connectivity index (χ4n) is 4.12. The van der Waals surface area contributed by atoms with Crippen molar-refractivity contribution in [3.05, 3.63) is 58.6 Å². The molecule has 2 heterocycles. The third kappa shape index (κ3) is 3.52. The van der Waals surface area contributed by atoms with Gasteiger partial charge >= 0.3 is 5.97 Å². The van der Waals surface area contributed by atoms with Crippen LogP contribution in [0.2, 0.25) is 5.02 Å². The average molecular weight is 436 g/mol. The summed E-state index contributed by atoms with van der Waals surface area (Å²) in [4.78, 5) is 12.4. The molecule has 3 unspecified atom stereocenters. The van der Waals surface area contributed by atoms with E-state index in [2.05, 4.69) is 0 Å². The number of esters is 1. The number of fused-ring (bicyclic) bond motifs is 4. The third-order valence-corrected chi connectivity index (χ3v) is 7.67. The molecule has 0 N–H and O–H groups in total. The molecule has 29 heavy (non-hydrogen) atoms. The summed E-state index contributed by atoms with van der Waals surface area (Å²) in [5, 5.41) is 0.432. The maximum atomic E-state index is 13.6. The van der Waals surface area contributed by atoms with Gasteiger partial charge in [-0.25, -0.2) is 8.42 Å². The van der Waals surface area contributed by atoms with Crippen molar-refractivity contribution in [2.45, 2.75) is 49.8 Å². The van der Waals surface area contributed by atoms with E-state index in [0.29, 0.717) is 17.2 Å². The van der Waals surface area contributed by atoms with Crippen LogP contribution < -0.4 is 4.74 Å². The minimum absolute atomic E-state index is 0.0777. The average Bonchev–Trinajstić information content (AvgIpc) is 2.96. The monoisotopic (exact) mass is 435 g/mol. The normalized spacial score (nSPS) is 23.3. The molecular weight excluding hydrogens is 414 g/mol. The number of sulfonamides is 1. The van der Waals surface area contributed by atoms with Crippen LogP contribution in [0.4, 0.5) is 0 Å². The van der Waals surface area contributed by atoms with Crippen molar-refractivity contribution in [2.75, 3.05) is 6.61 Å². The Kier molecular flexibility index (Phi) is 5.31. The number of hydrogen-bond donors (Lipinski definition) is 0. The molecule has 0 amide bonds. The van der Waals surface area contributed by atoms with Crippen molar-refractivity contribution >= 4 is 27.6 Å². The second kappa shape index (κ2) is 7.63. The van der Waals surface area contributed by atoms with Gasteiger partial charge in [0.1, 0.15) is 11.9 Å². The van der Waals surface area contributed by atoms with Gasteiger partial charge in [-0.15, -0.1) is 0 Å². The Labute approximate surface area is 175 Å². The first-order valence-corrected chi connectivity index (χ1v) is 11.4. The smallest absolute Gasteiger partial charge is 0.307 e. The van der Waals surface area contributed by atoms with E-state index in [9.17, 15) is 13.2 Å². The minimum Gasteiger partial charge on any atom is -0.487 e. The van der Waals surface area contributed by atoms with Gasteiger partial charge in [0.25, 0.3) is 0 Å². The number of rotatable bonds is 5. The summed E-state index contributed by atoms with van der Waals surface area (Å²) in [6, 6.07) is 10.9. The Hall–Kier alpha value is -2.09. The summed E-state index contributed by atoms with van der Waals surface area (Å²) in [6.07, 6.45) is -0.0918. The van der Waals surface area contributed by atoms with Gasteiger partial charge in [-0.1, -0.05) is 41.4 Å². The zero-order valence-electron chi connectivity index (χ0n) is 16.2. The zero-order valence-corrected chi connectivity index (χ0v) is 17.7. The Bertz CT molecular complexity index is 1040. The van der Waals surface area contributed by atoms with Crippen molar-refractivity contribution in [3.63, 3.8) is 0 Å². The third-order valence-electron chi connectivity index (χ3n) is 5.42. The van der Waals surface area contributed by atoms with Gasteiger partial charge in [0.2, 0.25) is 10.0 Å². The zero-order chi connectivity index (χ0) is 20.8. The molecule has 1 fully saturated rings. The van der Waals surface area contributed by atoms with Crippen LogP contribution in [0.5, 0.6) is 5.75 Å². The maximum Gasteiger partial charge on any atom is 0.307 e. The van der Waals surface area contributed by atoms with Crippen LogP contribution in [0, 0.1) is 6.92 Å². The predicted octanol–water partition coefficient (Wildman–Crippen LogP) is 3.87. The molecule has 2 aromatic rings. The lowest BCUT2D eigenvalue weighted by atomic mass is 9.99. The number of ether oxygens (including phenoxy) is 2. The van der Waals surface area contributed by atoms with E-state index in [1.54, 1.807) is 43.3 Å². The number of carbonyl (C=O) groups is 1. The maximum absolute atomic E-state index is 13.6. The van der Waals surface area contributed by atoms with Gasteiger partial charge in [0.15, 0.2) is 0 Å². The summed E-state index contributed by atoms with van der Waals surface area (Å²) >= 11 is 6.32. The van der Waals surface area contributed by atoms with Crippen LogP contribution in [-0.4, -0.2) is 37.4 Å². The first-order valence-electron chi connectivity index (χ1n) is 9.53. The van der Waals surface area contributed by atoms with Crippen LogP contribution >= 0.6 is 11.6 Å². The van der Waals surface area contributed by atoms with E-state index in [-0.39, 0.29) is 17.9 Å². The van der Waals surface area contributed by atoms with Crippen molar-refractivity contribution in [1.29, 1.82) is 0 Å². The van der Waals surface area contributed by atoms with E-state index in [0.717, 1.165) is 11.1 Å². The molecule has 8 heteroatoms. The van der Waals surface area contributed by atoms with Gasteiger partial charge in [0.05, 0.1) is 35.0 Å². The van der Waals surface area contributed by atoms with Crippen molar-refractivity contribution in [3.8, 4) is 5.75 Å². The molecule has 0 radical (unpaired) electrons. The van der Waals surface area contributed by atoms with E-state index >= 15 is 0 Å². The highest BCUT2D eigenvalue weighted by molar-refractivity contribution is 7.89. The molecule has 2 aromatic carbocycles.